The third-order valence-corrected chi connectivity index (χ3v) is 3.21. The highest BCUT2D eigenvalue weighted by Gasteiger charge is 2.13. The van der Waals surface area contributed by atoms with E-state index in [9.17, 15) is 0 Å². The summed E-state index contributed by atoms with van der Waals surface area (Å²) in [6, 6.07) is 18.6. The average Bonchev–Trinajstić information content (AvgIpc) is 2.37. The van der Waals surface area contributed by atoms with Gasteiger partial charge in [0, 0.05) is 29.9 Å². The molecule has 88 valence electrons. The van der Waals surface area contributed by atoms with Crippen molar-refractivity contribution in [3.63, 3.8) is 0 Å². The molecule has 1 aliphatic heterocycles. The molecule has 2 aromatic rings. The first-order valence-corrected chi connectivity index (χ1v) is 6.34. The van der Waals surface area contributed by atoms with Crippen molar-refractivity contribution in [1.29, 1.82) is 0 Å². The van der Waals surface area contributed by atoms with E-state index in [-0.39, 0.29) is 0 Å². The van der Waals surface area contributed by atoms with Gasteiger partial charge in [-0.15, -0.1) is 0 Å². The smallest absolute Gasteiger partial charge is 0.0367 e. The lowest BCUT2D eigenvalue weighted by molar-refractivity contribution is 0.618. The van der Waals surface area contributed by atoms with Crippen molar-refractivity contribution in [2.24, 2.45) is 0 Å². The van der Waals surface area contributed by atoms with E-state index in [0.717, 1.165) is 11.1 Å². The van der Waals surface area contributed by atoms with Crippen molar-refractivity contribution in [2.75, 3.05) is 18.0 Å². The lowest BCUT2D eigenvalue weighted by Crippen LogP contribution is -2.36. The van der Waals surface area contributed by atoms with Crippen LogP contribution < -0.4 is 4.90 Å². The molecular formula is C17H15N. The monoisotopic (exact) mass is 233 g/mol. The first kappa shape index (κ1) is 10.9. The molecule has 0 aromatic heterocycles. The van der Waals surface area contributed by atoms with Gasteiger partial charge in [0.15, 0.2) is 0 Å². The Morgan fingerprint density at radius 2 is 1.33 bits per heavy atom. The van der Waals surface area contributed by atoms with Gasteiger partial charge in [-0.1, -0.05) is 30.0 Å². The van der Waals surface area contributed by atoms with Gasteiger partial charge in [0.05, 0.1) is 0 Å². The van der Waals surface area contributed by atoms with Crippen molar-refractivity contribution in [3.8, 4) is 11.8 Å². The van der Waals surface area contributed by atoms with E-state index in [1.54, 1.807) is 0 Å². The van der Waals surface area contributed by atoms with Crippen LogP contribution in [0.25, 0.3) is 0 Å². The first-order valence-electron chi connectivity index (χ1n) is 6.34. The molecule has 0 unspecified atom stereocenters. The van der Waals surface area contributed by atoms with Gasteiger partial charge in [-0.05, 0) is 42.8 Å². The summed E-state index contributed by atoms with van der Waals surface area (Å²) in [6.07, 6.45) is 1.32. The second kappa shape index (κ2) is 4.98. The third-order valence-electron chi connectivity index (χ3n) is 3.21. The van der Waals surface area contributed by atoms with Crippen LogP contribution in [0.1, 0.15) is 17.5 Å². The molecule has 1 nitrogen and oxygen atoms in total. The molecule has 0 bridgehead atoms. The summed E-state index contributed by atoms with van der Waals surface area (Å²) in [4.78, 5) is 2.38. The van der Waals surface area contributed by atoms with Crippen molar-refractivity contribution in [1.82, 2.24) is 0 Å². The molecule has 1 heteroatoms. The normalized spacial score (nSPS) is 13.4. The van der Waals surface area contributed by atoms with Crippen LogP contribution in [0.3, 0.4) is 0 Å². The number of hydrogen-bond acceptors (Lipinski definition) is 1. The van der Waals surface area contributed by atoms with Crippen LogP contribution in [0.15, 0.2) is 54.6 Å². The van der Waals surface area contributed by atoms with E-state index in [2.05, 4.69) is 41.0 Å². The Hall–Kier alpha value is -2.20. The standard InChI is InChI=1S/C17H15N/c1-2-5-15(6-3-1)7-8-16-9-11-17(12-10-16)18-13-4-14-18/h1-3,5-6,9-12H,4,13-14H2. The Bertz CT molecular complexity index is 569. The molecular weight excluding hydrogens is 218 g/mol. The highest BCUT2D eigenvalue weighted by atomic mass is 15.2. The van der Waals surface area contributed by atoms with Crippen molar-refractivity contribution in [3.05, 3.63) is 65.7 Å². The van der Waals surface area contributed by atoms with Crippen molar-refractivity contribution in [2.45, 2.75) is 6.42 Å². The van der Waals surface area contributed by atoms with Crippen LogP contribution in [-0.4, -0.2) is 13.1 Å². The first-order chi connectivity index (χ1) is 8.92. The Labute approximate surface area is 108 Å². The molecule has 1 aliphatic rings. The van der Waals surface area contributed by atoms with E-state index < -0.39 is 0 Å². The number of anilines is 1. The van der Waals surface area contributed by atoms with Crippen LogP contribution in [0, 0.1) is 11.8 Å². The maximum atomic E-state index is 3.19. The summed E-state index contributed by atoms with van der Waals surface area (Å²) in [5.74, 6) is 6.37. The fraction of sp³-hybridized carbons (Fsp3) is 0.176. The highest BCUT2D eigenvalue weighted by molar-refractivity contribution is 5.52. The summed E-state index contributed by atoms with van der Waals surface area (Å²) in [5, 5.41) is 0. The largest absolute Gasteiger partial charge is 0.371 e. The number of nitrogens with zero attached hydrogens (tertiary/aromatic N) is 1. The van der Waals surface area contributed by atoms with Crippen LogP contribution in [0.2, 0.25) is 0 Å². The number of hydrogen-bond donors (Lipinski definition) is 0. The minimum Gasteiger partial charge on any atom is -0.371 e. The molecule has 1 fully saturated rings. The molecule has 0 aliphatic carbocycles. The van der Waals surface area contributed by atoms with Gasteiger partial charge in [0.2, 0.25) is 0 Å². The minimum atomic E-state index is 1.06. The zero-order valence-corrected chi connectivity index (χ0v) is 10.3. The van der Waals surface area contributed by atoms with E-state index in [0.29, 0.717) is 0 Å². The summed E-state index contributed by atoms with van der Waals surface area (Å²) in [6.45, 7) is 2.38. The summed E-state index contributed by atoms with van der Waals surface area (Å²) < 4.78 is 0. The quantitative estimate of drug-likeness (QED) is 0.683. The summed E-state index contributed by atoms with van der Waals surface area (Å²) >= 11 is 0. The van der Waals surface area contributed by atoms with Crippen molar-refractivity contribution >= 4 is 5.69 Å². The topological polar surface area (TPSA) is 3.24 Å². The van der Waals surface area contributed by atoms with Crippen LogP contribution in [0.4, 0.5) is 5.69 Å². The predicted molar refractivity (Wildman–Crippen MR) is 75.7 cm³/mol. The van der Waals surface area contributed by atoms with Gasteiger partial charge < -0.3 is 4.90 Å². The summed E-state index contributed by atoms with van der Waals surface area (Å²) in [5.41, 5.74) is 3.44. The lowest BCUT2D eigenvalue weighted by atomic mass is 10.1. The fourth-order valence-electron chi connectivity index (χ4n) is 2.00. The number of benzene rings is 2. The molecule has 0 spiro atoms. The van der Waals surface area contributed by atoms with Gasteiger partial charge in [-0.25, -0.2) is 0 Å². The Balaban J connectivity index is 1.75. The SMILES string of the molecule is C(#Cc1ccc(N2CCC2)cc1)c1ccccc1. The molecule has 0 atom stereocenters. The molecule has 3 rings (SSSR count). The van der Waals surface area contributed by atoms with Crippen LogP contribution >= 0.6 is 0 Å². The maximum absolute atomic E-state index is 3.19. The minimum absolute atomic E-state index is 1.06. The number of rotatable bonds is 1. The van der Waals surface area contributed by atoms with Gasteiger partial charge in [0.1, 0.15) is 0 Å². The molecule has 1 heterocycles. The average molecular weight is 233 g/mol. The van der Waals surface area contributed by atoms with E-state index in [4.69, 9.17) is 0 Å². The van der Waals surface area contributed by atoms with Crippen LogP contribution in [-0.2, 0) is 0 Å². The Kier molecular flexibility index (Phi) is 3.02. The van der Waals surface area contributed by atoms with Crippen LogP contribution in [0.5, 0.6) is 0 Å². The molecule has 0 saturated carbocycles. The molecule has 1 saturated heterocycles. The molecule has 0 radical (unpaired) electrons. The summed E-state index contributed by atoms with van der Waals surface area (Å²) in [7, 11) is 0. The van der Waals surface area contributed by atoms with Gasteiger partial charge in [-0.2, -0.15) is 0 Å². The van der Waals surface area contributed by atoms with Crippen molar-refractivity contribution < 1.29 is 0 Å². The Morgan fingerprint density at radius 3 is 1.89 bits per heavy atom. The predicted octanol–water partition coefficient (Wildman–Crippen LogP) is 3.30. The zero-order valence-electron chi connectivity index (χ0n) is 10.3. The molecule has 0 N–H and O–H groups in total. The Morgan fingerprint density at radius 1 is 0.722 bits per heavy atom. The third kappa shape index (κ3) is 2.38. The second-order valence-corrected chi connectivity index (χ2v) is 4.50. The van der Waals surface area contributed by atoms with Gasteiger partial charge >= 0.3 is 0 Å². The zero-order chi connectivity index (χ0) is 12.2. The van der Waals surface area contributed by atoms with Gasteiger partial charge in [0.25, 0.3) is 0 Å². The second-order valence-electron chi connectivity index (χ2n) is 4.50. The van der Waals surface area contributed by atoms with E-state index in [1.165, 1.54) is 25.2 Å². The fourth-order valence-corrected chi connectivity index (χ4v) is 2.00. The molecule has 18 heavy (non-hydrogen) atoms. The lowest BCUT2D eigenvalue weighted by Gasteiger charge is -2.33. The van der Waals surface area contributed by atoms with E-state index in [1.807, 2.05) is 30.3 Å². The van der Waals surface area contributed by atoms with Gasteiger partial charge in [-0.3, -0.25) is 0 Å². The molecule has 2 aromatic carbocycles. The molecule has 0 amide bonds. The highest BCUT2D eigenvalue weighted by Crippen LogP contribution is 2.20. The van der Waals surface area contributed by atoms with E-state index >= 15 is 0 Å². The maximum Gasteiger partial charge on any atom is 0.0367 e.